The Hall–Kier alpha value is 0.423. The van der Waals surface area contributed by atoms with E-state index in [4.69, 9.17) is 0 Å². The second-order valence-corrected chi connectivity index (χ2v) is 14.9. The van der Waals surface area contributed by atoms with Gasteiger partial charge in [0.15, 0.2) is 0 Å². The predicted molar refractivity (Wildman–Crippen MR) is 132 cm³/mol. The van der Waals surface area contributed by atoms with Gasteiger partial charge in [0, 0.05) is 0 Å². The molecule has 4 aliphatic carbocycles. The Morgan fingerprint density at radius 3 is 1.39 bits per heavy atom. The van der Waals surface area contributed by atoms with Crippen molar-refractivity contribution in [1.82, 2.24) is 0 Å². The molecule has 0 spiro atoms. The number of hydrogen-bond acceptors (Lipinski definition) is 0. The summed E-state index contributed by atoms with van der Waals surface area (Å²) in [5, 5.41) is 0. The largest absolute Gasteiger partial charge is 1.00 e. The average molecular weight is 569 g/mol. The molecule has 0 radical (unpaired) electrons. The third kappa shape index (κ3) is 9.43. The minimum absolute atomic E-state index is 0. The minimum atomic E-state index is -0.440. The summed E-state index contributed by atoms with van der Waals surface area (Å²) in [7, 11) is 0. The summed E-state index contributed by atoms with van der Waals surface area (Å²) in [6.07, 6.45) is 41.2. The zero-order chi connectivity index (χ0) is 21.1. The van der Waals surface area contributed by atoms with Gasteiger partial charge in [-0.1, -0.05) is 0 Å². The predicted octanol–water partition coefficient (Wildman–Crippen LogP) is 3.93. The smallest absolute Gasteiger partial charge is 1.00 e. The molecule has 0 N–H and O–H groups in total. The Labute approximate surface area is 229 Å². The topological polar surface area (TPSA) is 0 Å². The van der Waals surface area contributed by atoms with Crippen molar-refractivity contribution >= 4 is 0 Å². The molecule has 4 aliphatic rings. The molecule has 33 heavy (non-hydrogen) atoms. The fourth-order valence-electron chi connectivity index (χ4n) is 6.62. The number of allylic oxidation sites excluding steroid dienone is 8. The Morgan fingerprint density at radius 2 is 0.909 bits per heavy atom. The summed E-state index contributed by atoms with van der Waals surface area (Å²) in [6.45, 7) is 0. The van der Waals surface area contributed by atoms with E-state index in [1.807, 2.05) is 11.1 Å². The van der Waals surface area contributed by atoms with E-state index in [9.17, 15) is 0 Å². The van der Waals surface area contributed by atoms with E-state index in [1.165, 1.54) is 116 Å². The molecule has 184 valence electrons. The molecule has 4 rings (SSSR count). The quantitative estimate of drug-likeness (QED) is 0.474. The van der Waals surface area contributed by atoms with Crippen LogP contribution in [-0.4, -0.2) is 0 Å². The van der Waals surface area contributed by atoms with Gasteiger partial charge in [0.05, 0.1) is 0 Å². The first-order valence-corrected chi connectivity index (χ1v) is 16.7. The van der Waals surface area contributed by atoms with Crippen LogP contribution >= 0.6 is 0 Å². The van der Waals surface area contributed by atoms with E-state index in [0.717, 1.165) is 19.1 Å². The van der Waals surface area contributed by atoms with E-state index in [-0.39, 0.29) is 24.8 Å². The molecule has 4 atom stereocenters. The Kier molecular flexibility index (Phi) is 15.3. The molecule has 0 aromatic heterocycles. The molecule has 4 unspecified atom stereocenters. The van der Waals surface area contributed by atoms with Gasteiger partial charge < -0.3 is 24.8 Å². The van der Waals surface area contributed by atoms with Crippen molar-refractivity contribution in [2.45, 2.75) is 123 Å². The third-order valence-electron chi connectivity index (χ3n) is 8.45. The number of fused-ring (bicyclic) bond motifs is 2. The molecule has 0 aromatic rings. The Balaban J connectivity index is 0.00000193. The zero-order valence-corrected chi connectivity index (χ0v) is 24.7. The average Bonchev–Trinajstić information content (AvgIpc) is 3.32. The van der Waals surface area contributed by atoms with Gasteiger partial charge in [-0.05, 0) is 0 Å². The van der Waals surface area contributed by atoms with Crippen molar-refractivity contribution in [3.05, 3.63) is 47.6 Å². The first kappa shape index (κ1) is 29.7. The van der Waals surface area contributed by atoms with E-state index in [1.54, 1.807) is 0 Å². The van der Waals surface area contributed by atoms with Gasteiger partial charge in [0.1, 0.15) is 0 Å². The number of rotatable bonds is 2. The first-order chi connectivity index (χ1) is 15.4. The molecule has 0 heterocycles. The molecule has 2 saturated carbocycles. The van der Waals surface area contributed by atoms with Crippen LogP contribution in [0.25, 0.3) is 0 Å². The summed E-state index contributed by atoms with van der Waals surface area (Å²) in [5.74, 6) is 1.86. The van der Waals surface area contributed by atoms with Crippen molar-refractivity contribution in [3.63, 3.8) is 0 Å². The molecular formula is C30H46Cl2Zr. The maximum Gasteiger partial charge on any atom is -1.00 e. The van der Waals surface area contributed by atoms with Gasteiger partial charge in [0.2, 0.25) is 0 Å². The van der Waals surface area contributed by atoms with E-state index >= 15 is 0 Å². The summed E-state index contributed by atoms with van der Waals surface area (Å²) >= 11 is -0.440. The molecule has 0 bridgehead atoms. The van der Waals surface area contributed by atoms with Gasteiger partial charge in [0.25, 0.3) is 0 Å². The summed E-state index contributed by atoms with van der Waals surface area (Å²) in [5.41, 5.74) is 3.83. The van der Waals surface area contributed by atoms with Crippen LogP contribution in [0.1, 0.15) is 116 Å². The van der Waals surface area contributed by atoms with Gasteiger partial charge in [-0.25, -0.2) is 0 Å². The van der Waals surface area contributed by atoms with Crippen LogP contribution in [0.4, 0.5) is 0 Å². The zero-order valence-electron chi connectivity index (χ0n) is 20.8. The monoisotopic (exact) mass is 566 g/mol. The summed E-state index contributed by atoms with van der Waals surface area (Å²) < 4.78 is 2.05. The van der Waals surface area contributed by atoms with E-state index in [2.05, 4.69) is 36.5 Å². The molecule has 3 heteroatoms. The third-order valence-corrected chi connectivity index (χ3v) is 13.5. The molecule has 0 aromatic carbocycles. The van der Waals surface area contributed by atoms with Crippen LogP contribution in [-0.2, 0) is 23.2 Å². The maximum atomic E-state index is 2.62. The van der Waals surface area contributed by atoms with Gasteiger partial charge in [-0.3, -0.25) is 0 Å². The molecular weight excluding hydrogens is 522 g/mol. The SMILES string of the molecule is C1=CCCCCCCCC2CC[CH]([Zr+2][CH]3CCC4CCCCCCCC=CC=C43)C2=C1.[Cl-].[Cl-]. The van der Waals surface area contributed by atoms with Crippen LogP contribution < -0.4 is 24.8 Å². The normalized spacial score (nSPS) is 31.4. The van der Waals surface area contributed by atoms with Gasteiger partial charge in [-0.2, -0.15) is 0 Å². The van der Waals surface area contributed by atoms with Crippen LogP contribution in [0.5, 0.6) is 0 Å². The minimum Gasteiger partial charge on any atom is -1.00 e. The van der Waals surface area contributed by atoms with Crippen molar-refractivity contribution < 1.29 is 48.0 Å². The second kappa shape index (κ2) is 17.0. The molecule has 0 nitrogen and oxygen atoms in total. The Morgan fingerprint density at radius 1 is 0.485 bits per heavy atom. The van der Waals surface area contributed by atoms with Crippen molar-refractivity contribution in [2.24, 2.45) is 11.8 Å². The fraction of sp³-hybridized carbons (Fsp3) is 0.733. The van der Waals surface area contributed by atoms with Gasteiger partial charge >= 0.3 is 205 Å². The van der Waals surface area contributed by atoms with E-state index in [0.29, 0.717) is 0 Å². The molecule has 0 saturated heterocycles. The van der Waals surface area contributed by atoms with Crippen molar-refractivity contribution in [3.8, 4) is 0 Å². The number of halogens is 2. The second-order valence-electron chi connectivity index (χ2n) is 10.7. The maximum absolute atomic E-state index is 2.62. The first-order valence-electron chi connectivity index (χ1n) is 13.9. The Bertz CT molecular complexity index is 606. The summed E-state index contributed by atoms with van der Waals surface area (Å²) in [6, 6.07) is 0. The molecule has 0 amide bonds. The van der Waals surface area contributed by atoms with Crippen LogP contribution in [0, 0.1) is 11.8 Å². The molecule has 0 aliphatic heterocycles. The van der Waals surface area contributed by atoms with E-state index < -0.39 is 23.2 Å². The van der Waals surface area contributed by atoms with Crippen LogP contribution in [0.2, 0.25) is 7.25 Å². The standard InChI is InChI=1S/2C15H23.2ClH.Zr/c2*1-2-4-6-8-11-15-13-9-12-14(15)10-7-5-3-1;;;/h2*5,7,10,12,15H,1-4,6,8-9,11,13H2;2*1H;/q;;;;+2/p-2. The van der Waals surface area contributed by atoms with Crippen molar-refractivity contribution in [1.29, 1.82) is 0 Å². The number of hydrogen-bond donors (Lipinski definition) is 0. The molecule has 2 fully saturated rings. The fourth-order valence-corrected chi connectivity index (χ4v) is 12.0. The summed E-state index contributed by atoms with van der Waals surface area (Å²) in [4.78, 5) is 0. The van der Waals surface area contributed by atoms with Crippen molar-refractivity contribution in [2.75, 3.05) is 0 Å². The van der Waals surface area contributed by atoms with Gasteiger partial charge in [-0.15, -0.1) is 0 Å². The van der Waals surface area contributed by atoms with Crippen LogP contribution in [0.3, 0.4) is 0 Å². The van der Waals surface area contributed by atoms with Crippen LogP contribution in [0.15, 0.2) is 47.6 Å².